The molecule has 172 valence electrons. The first-order valence-electron chi connectivity index (χ1n) is 10.9. The Morgan fingerprint density at radius 2 is 1.91 bits per heavy atom. The minimum absolute atomic E-state index is 0.0860. The van der Waals surface area contributed by atoms with E-state index in [4.69, 9.17) is 15.2 Å². The molecule has 1 saturated heterocycles. The number of carbonyl (C=O) groups is 1. The van der Waals surface area contributed by atoms with E-state index in [1.165, 1.54) is 0 Å². The van der Waals surface area contributed by atoms with Crippen LogP contribution in [-0.2, 0) is 9.53 Å². The highest BCUT2D eigenvalue weighted by Gasteiger charge is 2.37. The van der Waals surface area contributed by atoms with Crippen LogP contribution in [0.2, 0.25) is 0 Å². The zero-order valence-corrected chi connectivity index (χ0v) is 19.4. The normalized spacial score (nSPS) is 16.5. The highest BCUT2D eigenvalue weighted by atomic mass is 16.5. The lowest BCUT2D eigenvalue weighted by atomic mass is 10.0. The average molecular weight is 448 g/mol. The minimum Gasteiger partial charge on any atom is -0.478 e. The summed E-state index contributed by atoms with van der Waals surface area (Å²) < 4.78 is 12.1. The number of aromatic nitrogens is 3. The fourth-order valence-electron chi connectivity index (χ4n) is 3.92. The van der Waals surface area contributed by atoms with Gasteiger partial charge >= 0.3 is 0 Å². The third-order valence-corrected chi connectivity index (χ3v) is 5.54. The maximum atomic E-state index is 13.4. The van der Waals surface area contributed by atoms with E-state index in [0.717, 1.165) is 28.1 Å². The molecule has 0 radical (unpaired) electrons. The molecule has 0 saturated carbocycles. The number of rotatable bonds is 5. The van der Waals surface area contributed by atoms with Gasteiger partial charge in [-0.1, -0.05) is 12.1 Å². The lowest BCUT2D eigenvalue weighted by Gasteiger charge is -2.37. The van der Waals surface area contributed by atoms with E-state index in [1.807, 2.05) is 50.2 Å². The third-order valence-electron chi connectivity index (χ3n) is 5.54. The SMILES string of the molecule is Cc1cccc(OC(C)(C)C(=O)N2CCOC(c3cc(-c4cnc(N)nc4)cc(C)n3)C2)c1. The average Bonchev–Trinajstić information content (AvgIpc) is 2.78. The van der Waals surface area contributed by atoms with Gasteiger partial charge in [0.15, 0.2) is 5.60 Å². The molecule has 3 heterocycles. The molecule has 0 bridgehead atoms. The van der Waals surface area contributed by atoms with Crippen LogP contribution in [0.3, 0.4) is 0 Å². The van der Waals surface area contributed by atoms with Crippen LogP contribution in [0.1, 0.15) is 36.9 Å². The summed E-state index contributed by atoms with van der Waals surface area (Å²) in [5, 5.41) is 0. The molecular weight excluding hydrogens is 418 g/mol. The zero-order chi connectivity index (χ0) is 23.6. The van der Waals surface area contributed by atoms with Gasteiger partial charge in [-0.05, 0) is 63.1 Å². The van der Waals surface area contributed by atoms with Crippen molar-refractivity contribution in [1.29, 1.82) is 0 Å². The number of carbonyl (C=O) groups excluding carboxylic acids is 1. The molecule has 0 aliphatic carbocycles. The highest BCUT2D eigenvalue weighted by molar-refractivity contribution is 5.85. The summed E-state index contributed by atoms with van der Waals surface area (Å²) in [5.74, 6) is 0.816. The van der Waals surface area contributed by atoms with Crippen molar-refractivity contribution in [2.24, 2.45) is 0 Å². The molecule has 1 aromatic carbocycles. The van der Waals surface area contributed by atoms with Gasteiger partial charge in [-0.3, -0.25) is 9.78 Å². The lowest BCUT2D eigenvalue weighted by molar-refractivity contribution is -0.153. The van der Waals surface area contributed by atoms with Crippen LogP contribution in [0, 0.1) is 13.8 Å². The summed E-state index contributed by atoms with van der Waals surface area (Å²) >= 11 is 0. The molecule has 1 fully saturated rings. The number of ether oxygens (including phenoxy) is 2. The Hall–Kier alpha value is -3.52. The van der Waals surface area contributed by atoms with Gasteiger partial charge < -0.3 is 20.1 Å². The van der Waals surface area contributed by atoms with Crippen molar-refractivity contribution >= 4 is 11.9 Å². The lowest BCUT2D eigenvalue weighted by Crippen LogP contribution is -2.53. The van der Waals surface area contributed by atoms with Crippen molar-refractivity contribution in [1.82, 2.24) is 19.9 Å². The monoisotopic (exact) mass is 447 g/mol. The molecule has 8 heteroatoms. The second-order valence-corrected chi connectivity index (χ2v) is 8.79. The number of pyridine rings is 1. The fourth-order valence-corrected chi connectivity index (χ4v) is 3.92. The topological polar surface area (TPSA) is 103 Å². The van der Waals surface area contributed by atoms with E-state index in [-0.39, 0.29) is 18.0 Å². The van der Waals surface area contributed by atoms with Crippen molar-refractivity contribution in [3.05, 3.63) is 65.7 Å². The molecule has 4 rings (SSSR count). The minimum atomic E-state index is -1.01. The van der Waals surface area contributed by atoms with Crippen LogP contribution in [0.15, 0.2) is 48.8 Å². The summed E-state index contributed by atoms with van der Waals surface area (Å²) in [6.07, 6.45) is 3.03. The number of nitrogens with zero attached hydrogens (tertiary/aromatic N) is 4. The maximum Gasteiger partial charge on any atom is 0.266 e. The highest BCUT2D eigenvalue weighted by Crippen LogP contribution is 2.28. The number of amides is 1. The molecule has 2 N–H and O–H groups in total. The maximum absolute atomic E-state index is 13.4. The van der Waals surface area contributed by atoms with Crippen molar-refractivity contribution in [2.45, 2.75) is 39.4 Å². The summed E-state index contributed by atoms with van der Waals surface area (Å²) in [5.41, 5.74) is 9.05. The molecule has 0 spiro atoms. The third kappa shape index (κ3) is 5.28. The Morgan fingerprint density at radius 3 is 2.64 bits per heavy atom. The van der Waals surface area contributed by atoms with Gasteiger partial charge in [0.2, 0.25) is 5.95 Å². The molecule has 33 heavy (non-hydrogen) atoms. The number of nitrogen functional groups attached to an aromatic ring is 1. The van der Waals surface area contributed by atoms with Gasteiger partial charge in [-0.15, -0.1) is 0 Å². The van der Waals surface area contributed by atoms with Crippen LogP contribution in [0.25, 0.3) is 11.1 Å². The van der Waals surface area contributed by atoms with Crippen molar-refractivity contribution in [3.63, 3.8) is 0 Å². The molecule has 1 aliphatic rings. The van der Waals surface area contributed by atoms with Crippen molar-refractivity contribution < 1.29 is 14.3 Å². The van der Waals surface area contributed by atoms with E-state index in [1.54, 1.807) is 31.1 Å². The van der Waals surface area contributed by atoms with Gasteiger partial charge in [0.05, 0.1) is 18.8 Å². The molecule has 2 aromatic heterocycles. The second-order valence-electron chi connectivity index (χ2n) is 8.79. The molecule has 1 atom stereocenters. The summed E-state index contributed by atoms with van der Waals surface area (Å²) in [7, 11) is 0. The smallest absolute Gasteiger partial charge is 0.266 e. The zero-order valence-electron chi connectivity index (χ0n) is 19.4. The van der Waals surface area contributed by atoms with Crippen LogP contribution in [0.4, 0.5) is 5.95 Å². The number of aryl methyl sites for hydroxylation is 2. The van der Waals surface area contributed by atoms with E-state index in [9.17, 15) is 4.79 Å². The first-order chi connectivity index (χ1) is 15.7. The van der Waals surface area contributed by atoms with E-state index < -0.39 is 5.60 Å². The van der Waals surface area contributed by atoms with Gasteiger partial charge in [-0.25, -0.2) is 9.97 Å². The number of benzene rings is 1. The van der Waals surface area contributed by atoms with E-state index in [2.05, 4.69) is 15.0 Å². The second kappa shape index (κ2) is 9.15. The predicted molar refractivity (Wildman–Crippen MR) is 126 cm³/mol. The largest absolute Gasteiger partial charge is 0.478 e. The number of anilines is 1. The van der Waals surface area contributed by atoms with Crippen molar-refractivity contribution in [2.75, 3.05) is 25.4 Å². The predicted octanol–water partition coefficient (Wildman–Crippen LogP) is 3.50. The molecule has 8 nitrogen and oxygen atoms in total. The Labute approximate surface area is 193 Å². The number of morpholine rings is 1. The van der Waals surface area contributed by atoms with Crippen LogP contribution >= 0.6 is 0 Å². The Kier molecular flexibility index (Phi) is 6.29. The quantitative estimate of drug-likeness (QED) is 0.638. The first kappa shape index (κ1) is 22.7. The van der Waals surface area contributed by atoms with Gasteiger partial charge in [0.1, 0.15) is 11.9 Å². The molecule has 1 unspecified atom stereocenters. The van der Waals surface area contributed by atoms with Crippen LogP contribution in [0.5, 0.6) is 5.75 Å². The number of nitrogens with two attached hydrogens (primary N) is 1. The van der Waals surface area contributed by atoms with Crippen molar-refractivity contribution in [3.8, 4) is 16.9 Å². The van der Waals surface area contributed by atoms with Gasteiger partial charge in [0.25, 0.3) is 5.91 Å². The Bertz CT molecular complexity index is 1150. The molecule has 3 aromatic rings. The Balaban J connectivity index is 1.52. The van der Waals surface area contributed by atoms with E-state index >= 15 is 0 Å². The van der Waals surface area contributed by atoms with Crippen LogP contribution < -0.4 is 10.5 Å². The van der Waals surface area contributed by atoms with E-state index in [0.29, 0.717) is 25.4 Å². The standard InChI is InChI=1S/C25H29N5O3/c1-16-6-5-7-20(10-16)33-25(3,4)23(31)30-8-9-32-22(15-30)21-12-18(11-17(2)29-21)19-13-27-24(26)28-14-19/h5-7,10-14,22H,8-9,15H2,1-4H3,(H2,26,27,28). The summed E-state index contributed by atoms with van der Waals surface area (Å²) in [4.78, 5) is 28.0. The van der Waals surface area contributed by atoms with Gasteiger partial charge in [0, 0.05) is 30.2 Å². The Morgan fingerprint density at radius 1 is 1.15 bits per heavy atom. The number of hydrogen-bond acceptors (Lipinski definition) is 7. The molecule has 1 aliphatic heterocycles. The summed E-state index contributed by atoms with van der Waals surface area (Å²) in [6.45, 7) is 8.84. The molecule has 1 amide bonds. The first-order valence-corrected chi connectivity index (χ1v) is 10.9. The molecular formula is C25H29N5O3. The van der Waals surface area contributed by atoms with Crippen LogP contribution in [-0.4, -0.2) is 51.1 Å². The number of hydrogen-bond donors (Lipinski definition) is 1. The fraction of sp³-hybridized carbons (Fsp3) is 0.360. The van der Waals surface area contributed by atoms with Gasteiger partial charge in [-0.2, -0.15) is 0 Å². The summed E-state index contributed by atoms with van der Waals surface area (Å²) in [6, 6.07) is 11.6.